The van der Waals surface area contributed by atoms with Crippen LogP contribution in [0, 0.1) is 5.92 Å². The van der Waals surface area contributed by atoms with Gasteiger partial charge in [-0.2, -0.15) is 0 Å². The zero-order valence-corrected chi connectivity index (χ0v) is 20.1. The average Bonchev–Trinajstić information content (AvgIpc) is 2.89. The molecule has 1 heterocycles. The molecule has 3 amide bonds. The molecule has 0 aromatic heterocycles. The van der Waals surface area contributed by atoms with Crippen molar-refractivity contribution in [1.29, 1.82) is 0 Å². The zero-order valence-electron chi connectivity index (χ0n) is 19.4. The molecule has 7 heteroatoms. The molecule has 3 aromatic rings. The number of carbonyl (C=O) groups excluding carboxylic acids is 3. The number of nitrogens with zero attached hydrogens (tertiary/aromatic N) is 1. The third-order valence-corrected chi connectivity index (χ3v) is 6.45. The predicted molar refractivity (Wildman–Crippen MR) is 138 cm³/mol. The van der Waals surface area contributed by atoms with E-state index in [1.807, 2.05) is 30.3 Å². The molecule has 3 aromatic carbocycles. The number of amides is 3. The Kier molecular flexibility index (Phi) is 8.16. The summed E-state index contributed by atoms with van der Waals surface area (Å²) < 4.78 is 0. The maximum absolute atomic E-state index is 13.2. The fourth-order valence-corrected chi connectivity index (χ4v) is 4.47. The second-order valence-electron chi connectivity index (χ2n) is 8.63. The molecule has 0 saturated carbocycles. The van der Waals surface area contributed by atoms with Crippen LogP contribution in [0.2, 0.25) is 5.02 Å². The van der Waals surface area contributed by atoms with Crippen molar-refractivity contribution in [2.45, 2.75) is 19.3 Å². The monoisotopic (exact) mass is 489 g/mol. The lowest BCUT2D eigenvalue weighted by Gasteiger charge is -2.32. The summed E-state index contributed by atoms with van der Waals surface area (Å²) in [6, 6.07) is 23.6. The van der Waals surface area contributed by atoms with Crippen molar-refractivity contribution in [2.75, 3.05) is 25.0 Å². The standard InChI is InChI=1S/C28H28ClN3O3/c29-25-14-5-4-13-24(25)27(34)31-23-12-6-10-21(18-23)28(35)32-17-7-11-22(19-32)26(33)30-16-15-20-8-2-1-3-9-20/h1-6,8-10,12-14,18,22H,7,11,15-17,19H2,(H,30,33)(H,31,34)/t22-/m1/s1. The highest BCUT2D eigenvalue weighted by molar-refractivity contribution is 6.34. The number of hydrogen-bond donors (Lipinski definition) is 2. The Balaban J connectivity index is 1.34. The predicted octanol–water partition coefficient (Wildman–Crippen LogP) is 4.80. The van der Waals surface area contributed by atoms with Gasteiger partial charge in [-0.25, -0.2) is 0 Å². The minimum absolute atomic E-state index is 0.0146. The van der Waals surface area contributed by atoms with E-state index in [9.17, 15) is 14.4 Å². The Hall–Kier alpha value is -3.64. The number of halogens is 1. The molecule has 35 heavy (non-hydrogen) atoms. The van der Waals surface area contributed by atoms with E-state index in [0.717, 1.165) is 19.3 Å². The Labute approximate surface area is 210 Å². The van der Waals surface area contributed by atoms with Gasteiger partial charge in [0.15, 0.2) is 0 Å². The van der Waals surface area contributed by atoms with Crippen LogP contribution in [0.5, 0.6) is 0 Å². The lowest BCUT2D eigenvalue weighted by Crippen LogP contribution is -2.45. The van der Waals surface area contributed by atoms with Crippen LogP contribution < -0.4 is 10.6 Å². The number of carbonyl (C=O) groups is 3. The van der Waals surface area contributed by atoms with E-state index >= 15 is 0 Å². The van der Waals surface area contributed by atoms with E-state index < -0.39 is 0 Å². The van der Waals surface area contributed by atoms with Gasteiger partial charge in [0.1, 0.15) is 0 Å². The van der Waals surface area contributed by atoms with Crippen molar-refractivity contribution in [1.82, 2.24) is 10.2 Å². The van der Waals surface area contributed by atoms with Gasteiger partial charge in [-0.1, -0.05) is 60.1 Å². The first-order valence-electron chi connectivity index (χ1n) is 11.8. The number of benzene rings is 3. The molecular weight excluding hydrogens is 462 g/mol. The summed E-state index contributed by atoms with van der Waals surface area (Å²) in [5.41, 5.74) is 2.51. The van der Waals surface area contributed by atoms with Crippen LogP contribution in [0.4, 0.5) is 5.69 Å². The first kappa shape index (κ1) is 24.5. The van der Waals surface area contributed by atoms with Crippen LogP contribution in [0.3, 0.4) is 0 Å². The highest BCUT2D eigenvalue weighted by Gasteiger charge is 2.29. The fourth-order valence-electron chi connectivity index (χ4n) is 4.25. The van der Waals surface area contributed by atoms with Gasteiger partial charge in [-0.3, -0.25) is 14.4 Å². The van der Waals surface area contributed by atoms with Crippen LogP contribution >= 0.6 is 11.6 Å². The smallest absolute Gasteiger partial charge is 0.257 e. The molecule has 1 aliphatic heterocycles. The first-order chi connectivity index (χ1) is 17.0. The van der Waals surface area contributed by atoms with Gasteiger partial charge in [-0.15, -0.1) is 0 Å². The van der Waals surface area contributed by atoms with Crippen molar-refractivity contribution in [3.05, 3.63) is 101 Å². The van der Waals surface area contributed by atoms with Gasteiger partial charge < -0.3 is 15.5 Å². The maximum atomic E-state index is 13.2. The summed E-state index contributed by atoms with van der Waals surface area (Å²) in [5.74, 6) is -0.739. The molecular formula is C28H28ClN3O3. The van der Waals surface area contributed by atoms with E-state index in [1.165, 1.54) is 5.56 Å². The van der Waals surface area contributed by atoms with Crippen molar-refractivity contribution in [3.63, 3.8) is 0 Å². The summed E-state index contributed by atoms with van der Waals surface area (Å²) in [6.45, 7) is 1.55. The van der Waals surface area contributed by atoms with Crippen LogP contribution in [-0.4, -0.2) is 42.3 Å². The topological polar surface area (TPSA) is 78.5 Å². The molecule has 2 N–H and O–H groups in total. The molecule has 4 rings (SSSR count). The maximum Gasteiger partial charge on any atom is 0.257 e. The minimum Gasteiger partial charge on any atom is -0.355 e. The molecule has 1 fully saturated rings. The number of hydrogen-bond acceptors (Lipinski definition) is 3. The summed E-state index contributed by atoms with van der Waals surface area (Å²) in [4.78, 5) is 40.2. The molecule has 180 valence electrons. The van der Waals surface area contributed by atoms with Crippen LogP contribution in [0.15, 0.2) is 78.9 Å². The highest BCUT2D eigenvalue weighted by Crippen LogP contribution is 2.22. The van der Waals surface area contributed by atoms with Gasteiger partial charge in [0.25, 0.3) is 11.8 Å². The third kappa shape index (κ3) is 6.49. The average molecular weight is 490 g/mol. The van der Waals surface area contributed by atoms with Crippen molar-refractivity contribution >= 4 is 35.0 Å². The molecule has 0 aliphatic carbocycles. The van der Waals surface area contributed by atoms with Crippen LogP contribution in [-0.2, 0) is 11.2 Å². The van der Waals surface area contributed by atoms with Crippen molar-refractivity contribution < 1.29 is 14.4 Å². The first-order valence-corrected chi connectivity index (χ1v) is 12.2. The van der Waals surface area contributed by atoms with E-state index in [2.05, 4.69) is 10.6 Å². The number of likely N-dealkylation sites (tertiary alicyclic amines) is 1. The summed E-state index contributed by atoms with van der Waals surface area (Å²) in [7, 11) is 0. The van der Waals surface area contributed by atoms with E-state index in [-0.39, 0.29) is 23.6 Å². The lowest BCUT2D eigenvalue weighted by atomic mass is 9.96. The van der Waals surface area contributed by atoms with Crippen molar-refractivity contribution in [2.24, 2.45) is 5.92 Å². The second-order valence-corrected chi connectivity index (χ2v) is 9.04. The Bertz CT molecular complexity index is 1200. The summed E-state index contributed by atoms with van der Waals surface area (Å²) >= 11 is 6.12. The molecule has 0 bridgehead atoms. The van der Waals surface area contributed by atoms with Crippen LogP contribution in [0.25, 0.3) is 0 Å². The molecule has 6 nitrogen and oxygen atoms in total. The molecule has 0 radical (unpaired) electrons. The number of nitrogens with one attached hydrogen (secondary N) is 2. The van der Waals surface area contributed by atoms with Gasteiger partial charge in [-0.05, 0) is 55.2 Å². The number of piperidine rings is 1. The fraction of sp³-hybridized carbons (Fsp3) is 0.250. The van der Waals surface area contributed by atoms with Crippen LogP contribution in [0.1, 0.15) is 39.1 Å². The molecule has 1 aliphatic rings. The zero-order chi connectivity index (χ0) is 24.6. The second kappa shape index (κ2) is 11.7. The Morgan fingerprint density at radius 2 is 1.71 bits per heavy atom. The quantitative estimate of drug-likeness (QED) is 0.500. The van der Waals surface area contributed by atoms with Gasteiger partial charge in [0.05, 0.1) is 16.5 Å². The minimum atomic E-state index is -0.342. The van der Waals surface area contributed by atoms with Crippen molar-refractivity contribution in [3.8, 4) is 0 Å². The Morgan fingerprint density at radius 1 is 0.943 bits per heavy atom. The highest BCUT2D eigenvalue weighted by atomic mass is 35.5. The van der Waals surface area contributed by atoms with E-state index in [0.29, 0.717) is 41.5 Å². The molecule has 1 saturated heterocycles. The summed E-state index contributed by atoms with van der Waals surface area (Å²) in [5, 5.41) is 6.18. The summed E-state index contributed by atoms with van der Waals surface area (Å²) in [6.07, 6.45) is 2.30. The SMILES string of the molecule is O=C(Nc1cccc(C(=O)N2CCC[C@@H](C(=O)NCCc3ccccc3)C2)c1)c1ccccc1Cl. The normalized spacial score (nSPS) is 15.3. The Morgan fingerprint density at radius 3 is 2.51 bits per heavy atom. The van der Waals surface area contributed by atoms with Gasteiger partial charge in [0.2, 0.25) is 5.91 Å². The number of anilines is 1. The van der Waals surface area contributed by atoms with E-state index in [1.54, 1.807) is 53.4 Å². The molecule has 1 atom stereocenters. The van der Waals surface area contributed by atoms with Gasteiger partial charge >= 0.3 is 0 Å². The molecule has 0 spiro atoms. The third-order valence-electron chi connectivity index (χ3n) is 6.12. The van der Waals surface area contributed by atoms with E-state index in [4.69, 9.17) is 11.6 Å². The molecule has 0 unspecified atom stereocenters. The van der Waals surface area contributed by atoms with Gasteiger partial charge in [0, 0.05) is 30.9 Å². The lowest BCUT2D eigenvalue weighted by molar-refractivity contribution is -0.126. The number of rotatable bonds is 7. The largest absolute Gasteiger partial charge is 0.355 e.